The molecule has 0 aromatic rings. The van der Waals surface area contributed by atoms with Crippen molar-refractivity contribution in [2.45, 2.75) is 328 Å². The Hall–Kier alpha value is -2.03. The van der Waals surface area contributed by atoms with E-state index in [0.717, 1.165) is 57.8 Å². The Morgan fingerprint density at radius 1 is 0.410 bits per heavy atom. The number of hydrogen-bond acceptors (Lipinski definition) is 7. The highest BCUT2D eigenvalue weighted by atomic mass is 31.2. The van der Waals surface area contributed by atoms with Crippen molar-refractivity contribution in [2.24, 2.45) is 0 Å². The molecular formula is C68H129NO8P+. The molecule has 1 N–H and O–H groups in total. The van der Waals surface area contributed by atoms with Crippen LogP contribution in [-0.4, -0.2) is 74.9 Å². The second-order valence-corrected chi connectivity index (χ2v) is 25.3. The van der Waals surface area contributed by atoms with Gasteiger partial charge in [-0.1, -0.05) is 306 Å². The topological polar surface area (TPSA) is 108 Å². The van der Waals surface area contributed by atoms with E-state index in [9.17, 15) is 19.0 Å². The normalized spacial score (nSPS) is 13.5. The van der Waals surface area contributed by atoms with E-state index in [1.807, 2.05) is 21.1 Å². The van der Waals surface area contributed by atoms with Gasteiger partial charge in [0.1, 0.15) is 19.8 Å². The zero-order chi connectivity index (χ0) is 57.0. The van der Waals surface area contributed by atoms with E-state index in [4.69, 9.17) is 18.5 Å². The van der Waals surface area contributed by atoms with Crippen LogP contribution in [0.3, 0.4) is 0 Å². The number of rotatable bonds is 62. The third-order valence-corrected chi connectivity index (χ3v) is 15.9. The van der Waals surface area contributed by atoms with Crippen molar-refractivity contribution in [1.82, 2.24) is 0 Å². The van der Waals surface area contributed by atoms with E-state index >= 15 is 0 Å². The maximum atomic E-state index is 12.8. The van der Waals surface area contributed by atoms with E-state index in [2.05, 4.69) is 62.5 Å². The fourth-order valence-corrected chi connectivity index (χ4v) is 10.5. The lowest BCUT2D eigenvalue weighted by Crippen LogP contribution is -2.37. The standard InChI is InChI=1S/C68H128NO8P/c1-6-8-10-12-14-16-18-20-22-23-24-25-26-27-28-29-30-31-32-33-34-35-36-37-38-39-40-41-42-43-44-45-47-48-50-52-54-56-58-60-67(70)74-64-66(65-76-78(72,73)75-63-62-69(3,4)5)77-68(71)61-59-57-55-53-51-49-46-21-19-17-15-13-11-9-7-2/h9,11,15,17,21,46,51,53,66H,6-8,10,12-14,16,18-20,22-45,47-50,52,54-65H2,1-5H3/p+1/b11-9-,17-15-,46-21-,53-51-. The molecule has 9 nitrogen and oxygen atoms in total. The summed E-state index contributed by atoms with van der Waals surface area (Å²) in [5, 5.41) is 0. The van der Waals surface area contributed by atoms with Gasteiger partial charge in [0, 0.05) is 12.8 Å². The molecule has 0 bridgehead atoms. The molecule has 0 radical (unpaired) electrons. The first kappa shape index (κ1) is 76.0. The number of likely N-dealkylation sites (N-methyl/N-ethyl adjacent to an activating group) is 1. The summed E-state index contributed by atoms with van der Waals surface area (Å²) in [5.41, 5.74) is 0. The molecule has 458 valence electrons. The number of esters is 2. The fraction of sp³-hybridized carbons (Fsp3) is 0.853. The number of allylic oxidation sites excluding steroid dienone is 8. The number of ether oxygens (including phenoxy) is 2. The highest BCUT2D eigenvalue weighted by Gasteiger charge is 2.27. The molecule has 0 amide bonds. The predicted molar refractivity (Wildman–Crippen MR) is 335 cm³/mol. The summed E-state index contributed by atoms with van der Waals surface area (Å²) in [7, 11) is 1.46. The van der Waals surface area contributed by atoms with Crippen LogP contribution >= 0.6 is 7.82 Å². The Kier molecular flexibility index (Phi) is 58.0. The molecule has 10 heteroatoms. The molecule has 0 aliphatic rings. The van der Waals surface area contributed by atoms with Gasteiger partial charge in [-0.2, -0.15) is 0 Å². The van der Waals surface area contributed by atoms with Gasteiger partial charge in [-0.25, -0.2) is 4.57 Å². The van der Waals surface area contributed by atoms with Crippen molar-refractivity contribution in [3.63, 3.8) is 0 Å². The number of carbonyl (C=O) groups excluding carboxylic acids is 2. The van der Waals surface area contributed by atoms with Crippen LogP contribution in [0.2, 0.25) is 0 Å². The van der Waals surface area contributed by atoms with Gasteiger partial charge in [-0.3, -0.25) is 18.6 Å². The molecule has 0 aliphatic carbocycles. The van der Waals surface area contributed by atoms with Crippen molar-refractivity contribution in [3.05, 3.63) is 48.6 Å². The lowest BCUT2D eigenvalue weighted by atomic mass is 10.0. The zero-order valence-electron chi connectivity index (χ0n) is 52.2. The minimum Gasteiger partial charge on any atom is -0.462 e. The molecule has 2 unspecified atom stereocenters. The third kappa shape index (κ3) is 63.2. The Labute approximate surface area is 484 Å². The summed E-state index contributed by atoms with van der Waals surface area (Å²) in [6.45, 7) is 4.31. The van der Waals surface area contributed by atoms with Gasteiger partial charge >= 0.3 is 19.8 Å². The number of carbonyl (C=O) groups is 2. The monoisotopic (exact) mass is 1120 g/mol. The van der Waals surface area contributed by atoms with Gasteiger partial charge in [0.25, 0.3) is 0 Å². The SMILES string of the molecule is CC/C=C\C/C=C\C/C=C\C/C=C\CCCCC(=O)OC(COC(=O)CCCCCCCCCCCCCCCCCCCCCCCCCCCCCCCCCCCCCCCCC)COP(=O)(O)OCC[N+](C)(C)C. The molecule has 0 heterocycles. The van der Waals surface area contributed by atoms with Gasteiger partial charge in [-0.05, 0) is 51.4 Å². The first-order chi connectivity index (χ1) is 38.0. The van der Waals surface area contributed by atoms with Gasteiger partial charge < -0.3 is 18.9 Å². The van der Waals surface area contributed by atoms with E-state index in [1.54, 1.807) is 0 Å². The largest absolute Gasteiger partial charge is 0.472 e. The molecule has 0 spiro atoms. The Bertz CT molecular complexity index is 1460. The molecule has 0 rings (SSSR count). The fourth-order valence-electron chi connectivity index (χ4n) is 9.78. The summed E-state index contributed by atoms with van der Waals surface area (Å²) in [6, 6.07) is 0. The summed E-state index contributed by atoms with van der Waals surface area (Å²) >= 11 is 0. The van der Waals surface area contributed by atoms with Crippen molar-refractivity contribution in [3.8, 4) is 0 Å². The van der Waals surface area contributed by atoms with Crippen LogP contribution in [0.4, 0.5) is 0 Å². The Balaban J connectivity index is 3.86. The zero-order valence-corrected chi connectivity index (χ0v) is 53.1. The maximum absolute atomic E-state index is 12.8. The second kappa shape index (κ2) is 59.6. The van der Waals surface area contributed by atoms with Crippen LogP contribution in [0.1, 0.15) is 322 Å². The highest BCUT2D eigenvalue weighted by molar-refractivity contribution is 7.47. The molecule has 0 saturated carbocycles. The minimum absolute atomic E-state index is 0.0236. The molecule has 0 aromatic carbocycles. The van der Waals surface area contributed by atoms with Crippen LogP contribution in [0.25, 0.3) is 0 Å². The Morgan fingerprint density at radius 3 is 1.09 bits per heavy atom. The van der Waals surface area contributed by atoms with Crippen LogP contribution in [-0.2, 0) is 32.7 Å². The van der Waals surface area contributed by atoms with Crippen LogP contribution in [0.15, 0.2) is 48.6 Å². The lowest BCUT2D eigenvalue weighted by Gasteiger charge is -2.24. The van der Waals surface area contributed by atoms with Gasteiger partial charge in [-0.15, -0.1) is 0 Å². The molecule has 0 aliphatic heterocycles. The van der Waals surface area contributed by atoms with Gasteiger partial charge in [0.15, 0.2) is 6.10 Å². The van der Waals surface area contributed by atoms with Gasteiger partial charge in [0.05, 0.1) is 27.7 Å². The van der Waals surface area contributed by atoms with E-state index < -0.39 is 26.5 Å². The average Bonchev–Trinajstić information content (AvgIpc) is 3.41. The van der Waals surface area contributed by atoms with Crippen LogP contribution in [0, 0.1) is 0 Å². The number of unbranched alkanes of at least 4 members (excludes halogenated alkanes) is 40. The smallest absolute Gasteiger partial charge is 0.462 e. The molecule has 78 heavy (non-hydrogen) atoms. The van der Waals surface area contributed by atoms with Crippen molar-refractivity contribution in [1.29, 1.82) is 0 Å². The molecule has 0 aromatic heterocycles. The summed E-state index contributed by atoms with van der Waals surface area (Å²) < 4.78 is 34.5. The number of quaternary nitrogens is 1. The second-order valence-electron chi connectivity index (χ2n) is 23.8. The van der Waals surface area contributed by atoms with Crippen molar-refractivity contribution >= 4 is 19.8 Å². The van der Waals surface area contributed by atoms with Crippen LogP contribution < -0.4 is 0 Å². The first-order valence-corrected chi connectivity index (χ1v) is 34.9. The number of hydrogen-bond donors (Lipinski definition) is 1. The molecule has 2 atom stereocenters. The highest BCUT2D eigenvalue weighted by Crippen LogP contribution is 2.43. The quantitative estimate of drug-likeness (QED) is 0.0211. The molecule has 0 fully saturated rings. The van der Waals surface area contributed by atoms with E-state index in [1.165, 1.54) is 231 Å². The predicted octanol–water partition coefficient (Wildman–Crippen LogP) is 21.3. The van der Waals surface area contributed by atoms with E-state index in [-0.39, 0.29) is 32.0 Å². The third-order valence-electron chi connectivity index (χ3n) is 14.9. The Morgan fingerprint density at radius 2 is 0.731 bits per heavy atom. The molecule has 0 saturated heterocycles. The summed E-state index contributed by atoms with van der Waals surface area (Å²) in [6.07, 6.45) is 76.9. The maximum Gasteiger partial charge on any atom is 0.472 e. The summed E-state index contributed by atoms with van der Waals surface area (Å²) in [4.78, 5) is 35.7. The average molecular weight is 1120 g/mol. The minimum atomic E-state index is -4.40. The summed E-state index contributed by atoms with van der Waals surface area (Å²) in [5.74, 6) is -0.836. The number of phosphoric ester groups is 1. The van der Waals surface area contributed by atoms with E-state index in [0.29, 0.717) is 17.4 Å². The van der Waals surface area contributed by atoms with Gasteiger partial charge in [0.2, 0.25) is 0 Å². The van der Waals surface area contributed by atoms with Crippen molar-refractivity contribution in [2.75, 3.05) is 47.5 Å². The number of phosphoric acid groups is 1. The van der Waals surface area contributed by atoms with Crippen LogP contribution in [0.5, 0.6) is 0 Å². The van der Waals surface area contributed by atoms with Crippen molar-refractivity contribution < 1.29 is 42.1 Å². The first-order valence-electron chi connectivity index (χ1n) is 33.4. The molecular weight excluding hydrogens is 990 g/mol. The lowest BCUT2D eigenvalue weighted by molar-refractivity contribution is -0.870. The number of nitrogens with zero attached hydrogens (tertiary/aromatic N) is 1.